The van der Waals surface area contributed by atoms with Crippen LogP contribution < -0.4 is 10.2 Å². The van der Waals surface area contributed by atoms with Crippen molar-refractivity contribution >= 4 is 11.0 Å². The molecule has 0 aliphatic heterocycles. The predicted octanol–water partition coefficient (Wildman–Crippen LogP) is 2.60. The zero-order chi connectivity index (χ0) is 19.6. The predicted molar refractivity (Wildman–Crippen MR) is 99.7 cm³/mol. The molecule has 0 saturated carbocycles. The Balaban J connectivity index is 1.35. The first-order valence-electron chi connectivity index (χ1n) is 8.59. The molecule has 2 aromatic carbocycles. The van der Waals surface area contributed by atoms with Crippen LogP contribution >= 0.6 is 0 Å². The van der Waals surface area contributed by atoms with Crippen molar-refractivity contribution in [2.45, 2.75) is 6.61 Å². The summed E-state index contributed by atoms with van der Waals surface area (Å²) >= 11 is 0. The van der Waals surface area contributed by atoms with E-state index < -0.39 is 0 Å². The minimum atomic E-state index is -0.186. The van der Waals surface area contributed by atoms with Crippen molar-refractivity contribution in [3.63, 3.8) is 0 Å². The number of rotatable bonds is 5. The van der Waals surface area contributed by atoms with Gasteiger partial charge < -0.3 is 13.7 Å². The summed E-state index contributed by atoms with van der Waals surface area (Å²) in [6.45, 7) is -0.0185. The van der Waals surface area contributed by atoms with E-state index in [1.54, 1.807) is 24.3 Å². The number of nitrogens with zero attached hydrogens (tertiary/aromatic N) is 5. The molecule has 29 heavy (non-hydrogen) atoms. The van der Waals surface area contributed by atoms with Crippen LogP contribution in [0.5, 0.6) is 5.95 Å². The maximum atomic E-state index is 12.1. The molecule has 0 unspecified atom stereocenters. The van der Waals surface area contributed by atoms with Crippen molar-refractivity contribution in [3.05, 3.63) is 70.6 Å². The Bertz CT molecular complexity index is 1340. The average Bonchev–Trinajstić information content (AvgIpc) is 3.45. The lowest BCUT2D eigenvalue weighted by atomic mass is 10.1. The summed E-state index contributed by atoms with van der Waals surface area (Å²) in [4.78, 5) is 16.4. The smallest absolute Gasteiger partial charge is 0.289 e. The first kappa shape index (κ1) is 16.8. The molecule has 0 spiro atoms. The number of aromatic amines is 1. The maximum Gasteiger partial charge on any atom is 0.289 e. The minimum absolute atomic E-state index is 0.0185. The second-order valence-electron chi connectivity index (χ2n) is 6.05. The third kappa shape index (κ3) is 3.34. The molecule has 0 amide bonds. The molecule has 10 nitrogen and oxygen atoms in total. The molecule has 0 radical (unpaired) electrons. The Kier molecular flexibility index (Phi) is 4.06. The molecule has 3 aromatic heterocycles. The van der Waals surface area contributed by atoms with Gasteiger partial charge in [-0.05, 0) is 29.5 Å². The fraction of sp³-hybridized carbons (Fsp3) is 0.0526. The number of benzene rings is 2. The number of nitrogens with one attached hydrogen (secondary N) is 1. The summed E-state index contributed by atoms with van der Waals surface area (Å²) < 4.78 is 16.4. The van der Waals surface area contributed by atoms with Gasteiger partial charge in [0, 0.05) is 11.1 Å². The Morgan fingerprint density at radius 1 is 1.03 bits per heavy atom. The maximum absolute atomic E-state index is 12.1. The quantitative estimate of drug-likeness (QED) is 0.482. The topological polar surface area (TPSA) is 133 Å². The van der Waals surface area contributed by atoms with Crippen molar-refractivity contribution in [1.82, 2.24) is 30.8 Å². The van der Waals surface area contributed by atoms with Gasteiger partial charge in [-0.3, -0.25) is 4.79 Å². The average molecular weight is 388 g/mol. The lowest BCUT2D eigenvalue weighted by Crippen LogP contribution is -2.03. The number of tetrazole rings is 1. The normalized spacial score (nSPS) is 11.0. The molecule has 0 bridgehead atoms. The van der Waals surface area contributed by atoms with E-state index in [0.717, 1.165) is 5.56 Å². The van der Waals surface area contributed by atoms with Crippen LogP contribution in [0.4, 0.5) is 0 Å². The largest absolute Gasteiger partial charge is 0.457 e. The molecule has 0 fully saturated rings. The Hall–Kier alpha value is -4.34. The number of H-pyrrole nitrogens is 1. The van der Waals surface area contributed by atoms with Crippen LogP contribution in [-0.4, -0.2) is 30.8 Å². The molecular formula is C19H12N6O4. The lowest BCUT2D eigenvalue weighted by molar-refractivity contribution is 0.224. The van der Waals surface area contributed by atoms with Crippen LogP contribution in [0, 0.1) is 0 Å². The summed E-state index contributed by atoms with van der Waals surface area (Å²) in [5.41, 5.74) is 1.71. The van der Waals surface area contributed by atoms with E-state index in [1.807, 2.05) is 24.3 Å². The van der Waals surface area contributed by atoms with Gasteiger partial charge in [-0.15, -0.1) is 10.2 Å². The number of hydrogen-bond donors (Lipinski definition) is 1. The zero-order valence-corrected chi connectivity index (χ0v) is 14.8. The van der Waals surface area contributed by atoms with Gasteiger partial charge in [0.15, 0.2) is 12.0 Å². The summed E-state index contributed by atoms with van der Waals surface area (Å²) in [6, 6.07) is 15.5. The van der Waals surface area contributed by atoms with Crippen LogP contribution in [0.2, 0.25) is 0 Å². The Morgan fingerprint density at radius 3 is 2.83 bits per heavy atom. The van der Waals surface area contributed by atoms with Crippen LogP contribution in [0.25, 0.3) is 33.8 Å². The van der Waals surface area contributed by atoms with Gasteiger partial charge >= 0.3 is 0 Å². The van der Waals surface area contributed by atoms with E-state index in [-0.39, 0.29) is 18.0 Å². The number of ether oxygens (including phenoxy) is 1. The molecule has 142 valence electrons. The van der Waals surface area contributed by atoms with E-state index in [4.69, 9.17) is 13.7 Å². The SMILES string of the molecule is O=c1cc(OCc2noc(-c3cccc(-c4nn[nH]n4)c3)n2)oc2ccccc12. The molecule has 5 aromatic rings. The van der Waals surface area contributed by atoms with Crippen molar-refractivity contribution in [2.24, 2.45) is 0 Å². The van der Waals surface area contributed by atoms with E-state index >= 15 is 0 Å². The number of para-hydroxylation sites is 1. The molecule has 3 heterocycles. The molecule has 5 rings (SSSR count). The van der Waals surface area contributed by atoms with Gasteiger partial charge in [0.1, 0.15) is 5.58 Å². The summed E-state index contributed by atoms with van der Waals surface area (Å²) in [5.74, 6) is 1.16. The highest BCUT2D eigenvalue weighted by Crippen LogP contribution is 2.23. The molecule has 0 aliphatic rings. The van der Waals surface area contributed by atoms with Crippen molar-refractivity contribution in [1.29, 1.82) is 0 Å². The summed E-state index contributed by atoms with van der Waals surface area (Å²) in [7, 11) is 0. The van der Waals surface area contributed by atoms with Crippen LogP contribution in [0.3, 0.4) is 0 Å². The van der Waals surface area contributed by atoms with Gasteiger partial charge in [-0.2, -0.15) is 10.2 Å². The summed E-state index contributed by atoms with van der Waals surface area (Å²) in [6.07, 6.45) is 0. The van der Waals surface area contributed by atoms with Gasteiger partial charge in [-0.1, -0.05) is 29.4 Å². The number of aromatic nitrogens is 6. The monoisotopic (exact) mass is 388 g/mol. The Labute approximate surface area is 162 Å². The molecular weight excluding hydrogens is 376 g/mol. The van der Waals surface area contributed by atoms with E-state index in [2.05, 4.69) is 30.8 Å². The minimum Gasteiger partial charge on any atom is -0.457 e. The van der Waals surface area contributed by atoms with Gasteiger partial charge in [0.05, 0.1) is 11.5 Å². The third-order valence-electron chi connectivity index (χ3n) is 4.14. The molecule has 0 saturated heterocycles. The highest BCUT2D eigenvalue weighted by Gasteiger charge is 2.13. The first-order chi connectivity index (χ1) is 14.3. The van der Waals surface area contributed by atoms with Gasteiger partial charge in [0.2, 0.25) is 11.6 Å². The van der Waals surface area contributed by atoms with E-state index in [1.165, 1.54) is 6.07 Å². The zero-order valence-electron chi connectivity index (χ0n) is 14.8. The molecule has 0 aliphatic carbocycles. The van der Waals surface area contributed by atoms with Gasteiger partial charge in [0.25, 0.3) is 11.8 Å². The van der Waals surface area contributed by atoms with Gasteiger partial charge in [-0.25, -0.2) is 0 Å². The number of fused-ring (bicyclic) bond motifs is 1. The molecule has 10 heteroatoms. The Morgan fingerprint density at radius 2 is 1.93 bits per heavy atom. The standard InChI is InChI=1S/C19H12N6O4/c26-14-9-17(28-15-7-2-1-6-13(14)15)27-10-16-20-19(29-23-16)12-5-3-4-11(8-12)18-21-24-25-22-18/h1-9H,10H2,(H,21,22,24,25). The summed E-state index contributed by atoms with van der Waals surface area (Å²) in [5, 5.41) is 18.2. The van der Waals surface area contributed by atoms with Crippen LogP contribution in [0.15, 0.2) is 68.3 Å². The van der Waals surface area contributed by atoms with E-state index in [0.29, 0.717) is 34.1 Å². The molecule has 1 N–H and O–H groups in total. The second-order valence-corrected chi connectivity index (χ2v) is 6.05. The fourth-order valence-corrected chi connectivity index (χ4v) is 2.79. The van der Waals surface area contributed by atoms with Crippen molar-refractivity contribution in [3.8, 4) is 28.8 Å². The first-order valence-corrected chi connectivity index (χ1v) is 8.59. The van der Waals surface area contributed by atoms with Crippen molar-refractivity contribution < 1.29 is 13.7 Å². The highest BCUT2D eigenvalue weighted by molar-refractivity contribution is 5.76. The van der Waals surface area contributed by atoms with Crippen LogP contribution in [-0.2, 0) is 6.61 Å². The van der Waals surface area contributed by atoms with E-state index in [9.17, 15) is 4.79 Å². The number of hydrogen-bond acceptors (Lipinski definition) is 9. The highest BCUT2D eigenvalue weighted by atomic mass is 16.6. The second kappa shape index (κ2) is 7.00. The molecule has 0 atom stereocenters. The lowest BCUT2D eigenvalue weighted by Gasteiger charge is -2.03. The fourth-order valence-electron chi connectivity index (χ4n) is 2.79. The third-order valence-corrected chi connectivity index (χ3v) is 4.14. The van der Waals surface area contributed by atoms with Crippen LogP contribution in [0.1, 0.15) is 5.82 Å². The van der Waals surface area contributed by atoms with Crippen molar-refractivity contribution in [2.75, 3.05) is 0 Å².